The van der Waals surface area contributed by atoms with Crippen LogP contribution in [0.15, 0.2) is 24.3 Å². The minimum Gasteiger partial charge on any atom is -0.398 e. The van der Waals surface area contributed by atoms with E-state index in [9.17, 15) is 0 Å². The number of halogens is 1. The summed E-state index contributed by atoms with van der Waals surface area (Å²) in [4.78, 5) is 0. The number of hydrogen-bond acceptors (Lipinski definition) is 2. The van der Waals surface area contributed by atoms with Gasteiger partial charge in [0.05, 0.1) is 0 Å². The van der Waals surface area contributed by atoms with Crippen LogP contribution in [0.25, 0.3) is 0 Å². The molecule has 4 N–H and O–H groups in total. The SMILES string of the molecule is Br.CC(C)(N)c1ccccc1N. The van der Waals surface area contributed by atoms with Gasteiger partial charge in [-0.25, -0.2) is 0 Å². The largest absolute Gasteiger partial charge is 0.398 e. The summed E-state index contributed by atoms with van der Waals surface area (Å²) in [5.41, 5.74) is 13.0. The highest BCUT2D eigenvalue weighted by molar-refractivity contribution is 8.93. The summed E-state index contributed by atoms with van der Waals surface area (Å²) in [5, 5.41) is 0. The molecule has 3 heteroatoms. The minimum atomic E-state index is -0.342. The van der Waals surface area contributed by atoms with Crippen molar-refractivity contribution in [3.8, 4) is 0 Å². The minimum absolute atomic E-state index is 0. The fourth-order valence-electron chi connectivity index (χ4n) is 1.08. The highest BCUT2D eigenvalue weighted by Gasteiger charge is 2.15. The van der Waals surface area contributed by atoms with Crippen LogP contribution in [0.1, 0.15) is 19.4 Å². The predicted octanol–water partition coefficient (Wildman–Crippen LogP) is 2.04. The average molecular weight is 231 g/mol. The zero-order chi connectivity index (χ0) is 8.48. The standard InChI is InChI=1S/C9H14N2.BrH/c1-9(2,11)7-5-3-4-6-8(7)10;/h3-6H,10-11H2,1-2H3;1H. The lowest BCUT2D eigenvalue weighted by atomic mass is 9.94. The van der Waals surface area contributed by atoms with Crippen LogP contribution in [-0.4, -0.2) is 0 Å². The van der Waals surface area contributed by atoms with E-state index < -0.39 is 0 Å². The number of nitrogen functional groups attached to an aromatic ring is 1. The molecule has 2 nitrogen and oxygen atoms in total. The van der Waals surface area contributed by atoms with Gasteiger partial charge in [0.1, 0.15) is 0 Å². The van der Waals surface area contributed by atoms with E-state index in [1.165, 1.54) is 0 Å². The van der Waals surface area contributed by atoms with Gasteiger partial charge in [-0.1, -0.05) is 18.2 Å². The van der Waals surface area contributed by atoms with Crippen LogP contribution in [0.5, 0.6) is 0 Å². The normalized spacial score (nSPS) is 10.6. The smallest absolute Gasteiger partial charge is 0.0372 e. The predicted molar refractivity (Wildman–Crippen MR) is 58.4 cm³/mol. The fraction of sp³-hybridized carbons (Fsp3) is 0.333. The molecule has 68 valence electrons. The van der Waals surface area contributed by atoms with Crippen molar-refractivity contribution >= 4 is 22.7 Å². The number of benzene rings is 1. The van der Waals surface area contributed by atoms with Gasteiger partial charge in [-0.15, -0.1) is 17.0 Å². The van der Waals surface area contributed by atoms with E-state index in [1.54, 1.807) is 0 Å². The summed E-state index contributed by atoms with van der Waals surface area (Å²) in [7, 11) is 0. The highest BCUT2D eigenvalue weighted by atomic mass is 79.9. The zero-order valence-corrected chi connectivity index (χ0v) is 9.09. The van der Waals surface area contributed by atoms with Crippen molar-refractivity contribution in [2.75, 3.05) is 5.73 Å². The Hall–Kier alpha value is -0.540. The van der Waals surface area contributed by atoms with Crippen LogP contribution in [-0.2, 0) is 5.54 Å². The average Bonchev–Trinajstić information content (AvgIpc) is 1.86. The summed E-state index contributed by atoms with van der Waals surface area (Å²) in [5.74, 6) is 0. The second kappa shape index (κ2) is 3.92. The molecule has 0 radical (unpaired) electrons. The van der Waals surface area contributed by atoms with Crippen molar-refractivity contribution in [3.63, 3.8) is 0 Å². The molecular weight excluding hydrogens is 216 g/mol. The van der Waals surface area contributed by atoms with E-state index in [0.717, 1.165) is 11.3 Å². The fourth-order valence-corrected chi connectivity index (χ4v) is 1.08. The Labute approximate surface area is 83.7 Å². The molecule has 0 fully saturated rings. The molecule has 0 aromatic heterocycles. The molecule has 1 aromatic carbocycles. The maximum absolute atomic E-state index is 5.88. The molecule has 0 aliphatic rings. The first-order valence-corrected chi connectivity index (χ1v) is 3.65. The Kier molecular flexibility index (Phi) is 3.74. The molecule has 0 saturated heterocycles. The third-order valence-electron chi connectivity index (χ3n) is 1.65. The topological polar surface area (TPSA) is 52.0 Å². The number of para-hydroxylation sites is 1. The van der Waals surface area contributed by atoms with E-state index >= 15 is 0 Å². The molecule has 0 heterocycles. The van der Waals surface area contributed by atoms with Gasteiger partial charge in [0.2, 0.25) is 0 Å². The quantitative estimate of drug-likeness (QED) is 0.726. The first-order valence-electron chi connectivity index (χ1n) is 3.65. The first kappa shape index (κ1) is 11.5. The number of anilines is 1. The van der Waals surface area contributed by atoms with Crippen molar-refractivity contribution in [1.29, 1.82) is 0 Å². The van der Waals surface area contributed by atoms with E-state index in [1.807, 2.05) is 38.1 Å². The van der Waals surface area contributed by atoms with Crippen LogP contribution in [0.2, 0.25) is 0 Å². The molecule has 0 bridgehead atoms. The number of hydrogen-bond donors (Lipinski definition) is 2. The molecule has 0 spiro atoms. The van der Waals surface area contributed by atoms with Crippen LogP contribution in [0.4, 0.5) is 5.69 Å². The van der Waals surface area contributed by atoms with Gasteiger partial charge in [0, 0.05) is 11.2 Å². The van der Waals surface area contributed by atoms with E-state index in [0.29, 0.717) is 0 Å². The summed E-state index contributed by atoms with van der Waals surface area (Å²) in [6.45, 7) is 3.89. The Morgan fingerprint density at radius 3 is 2.00 bits per heavy atom. The number of nitrogens with two attached hydrogens (primary N) is 2. The van der Waals surface area contributed by atoms with Gasteiger partial charge in [-0.05, 0) is 25.5 Å². The van der Waals surface area contributed by atoms with Crippen LogP contribution < -0.4 is 11.5 Å². The summed E-state index contributed by atoms with van der Waals surface area (Å²) >= 11 is 0. The Bertz CT molecular complexity index is 253. The highest BCUT2D eigenvalue weighted by Crippen LogP contribution is 2.22. The zero-order valence-electron chi connectivity index (χ0n) is 7.37. The van der Waals surface area contributed by atoms with Crippen molar-refractivity contribution in [3.05, 3.63) is 29.8 Å². The second-order valence-corrected chi connectivity index (χ2v) is 3.31. The van der Waals surface area contributed by atoms with Crippen molar-refractivity contribution in [1.82, 2.24) is 0 Å². The Balaban J connectivity index is 0.00000121. The number of rotatable bonds is 1. The lowest BCUT2D eigenvalue weighted by Crippen LogP contribution is -2.29. The van der Waals surface area contributed by atoms with Gasteiger partial charge in [0.15, 0.2) is 0 Å². The summed E-state index contributed by atoms with van der Waals surface area (Å²) in [6.07, 6.45) is 0. The van der Waals surface area contributed by atoms with Crippen LogP contribution in [0.3, 0.4) is 0 Å². The lowest BCUT2D eigenvalue weighted by Gasteiger charge is -2.20. The summed E-state index contributed by atoms with van der Waals surface area (Å²) < 4.78 is 0. The third kappa shape index (κ3) is 2.50. The maximum Gasteiger partial charge on any atom is 0.0372 e. The molecule has 0 unspecified atom stereocenters. The Morgan fingerprint density at radius 2 is 1.67 bits per heavy atom. The van der Waals surface area contributed by atoms with E-state index in [2.05, 4.69) is 0 Å². The van der Waals surface area contributed by atoms with Gasteiger partial charge in [-0.3, -0.25) is 0 Å². The molecule has 1 rings (SSSR count). The van der Waals surface area contributed by atoms with Gasteiger partial charge >= 0.3 is 0 Å². The van der Waals surface area contributed by atoms with Crippen LogP contribution >= 0.6 is 17.0 Å². The third-order valence-corrected chi connectivity index (χ3v) is 1.65. The Morgan fingerprint density at radius 1 is 1.17 bits per heavy atom. The van der Waals surface area contributed by atoms with Crippen molar-refractivity contribution in [2.45, 2.75) is 19.4 Å². The molecule has 0 saturated carbocycles. The van der Waals surface area contributed by atoms with Crippen LogP contribution in [0, 0.1) is 0 Å². The van der Waals surface area contributed by atoms with E-state index in [-0.39, 0.29) is 22.5 Å². The van der Waals surface area contributed by atoms with E-state index in [4.69, 9.17) is 11.5 Å². The van der Waals surface area contributed by atoms with Crippen molar-refractivity contribution in [2.24, 2.45) is 5.73 Å². The molecule has 0 amide bonds. The van der Waals surface area contributed by atoms with Gasteiger partial charge in [-0.2, -0.15) is 0 Å². The van der Waals surface area contributed by atoms with Crippen molar-refractivity contribution < 1.29 is 0 Å². The molecular formula is C9H15BrN2. The van der Waals surface area contributed by atoms with Gasteiger partial charge in [0.25, 0.3) is 0 Å². The first-order chi connectivity index (χ1) is 5.02. The van der Waals surface area contributed by atoms with Gasteiger partial charge < -0.3 is 11.5 Å². The molecule has 0 aliphatic heterocycles. The molecule has 1 aromatic rings. The molecule has 0 atom stereocenters. The monoisotopic (exact) mass is 230 g/mol. The summed E-state index contributed by atoms with van der Waals surface area (Å²) in [6, 6.07) is 7.67. The lowest BCUT2D eigenvalue weighted by molar-refractivity contribution is 0.556. The second-order valence-electron chi connectivity index (χ2n) is 3.31. The molecule has 12 heavy (non-hydrogen) atoms. The molecule has 0 aliphatic carbocycles. The maximum atomic E-state index is 5.88.